The van der Waals surface area contributed by atoms with Crippen LogP contribution in [-0.2, 0) is 15.7 Å². The number of hydrogen-bond donors (Lipinski definition) is 3. The standard InChI is InChI=1S/C2HF3O2.H3NO2S/c3-2(4,5)1(6)7;1-4(2)3/h(H,6,7);4H,(H2,1,2,3). The Bertz CT molecular complexity index is 188. The predicted molar refractivity (Wildman–Crippen MR) is 28.2 cm³/mol. The van der Waals surface area contributed by atoms with Crippen molar-refractivity contribution in [3.05, 3.63) is 0 Å². The molecule has 0 aliphatic rings. The first-order valence-corrected chi connectivity index (χ1v) is 3.11. The Hall–Kier alpha value is -0.830. The molecule has 0 fully saturated rings. The summed E-state index contributed by atoms with van der Waals surface area (Å²) >= 11 is 0. The van der Waals surface area contributed by atoms with E-state index in [9.17, 15) is 13.2 Å². The molecule has 0 unspecified atom stereocenters. The van der Waals surface area contributed by atoms with Gasteiger partial charge in [-0.05, 0) is 0 Å². The van der Waals surface area contributed by atoms with Crippen LogP contribution in [0.25, 0.3) is 0 Å². The van der Waals surface area contributed by atoms with Crippen molar-refractivity contribution in [3.63, 3.8) is 0 Å². The average molecular weight is 195 g/mol. The molecule has 68 valence electrons. The largest absolute Gasteiger partial charge is 0.490 e. The predicted octanol–water partition coefficient (Wildman–Crippen LogP) is -0.895. The first kappa shape index (κ1) is 12.8. The zero-order valence-corrected chi connectivity index (χ0v) is 5.72. The van der Waals surface area contributed by atoms with Gasteiger partial charge in [0.2, 0.25) is 0 Å². The van der Waals surface area contributed by atoms with Crippen LogP contribution in [0.15, 0.2) is 0 Å². The molecule has 3 N–H and O–H groups in total. The Morgan fingerprint density at radius 3 is 1.45 bits per heavy atom. The van der Waals surface area contributed by atoms with Gasteiger partial charge < -0.3 is 5.11 Å². The SMILES string of the molecule is N[SH](=O)=O.O=C(O)C(F)(F)F. The molecular weight excluding hydrogens is 191 g/mol. The number of carboxylic acids is 1. The molecular formula is C2H4F3NO4S. The molecule has 0 bridgehead atoms. The Kier molecular flexibility index (Phi) is 5.71. The Labute approximate surface area is 60.7 Å². The van der Waals surface area contributed by atoms with Crippen LogP contribution in [-0.4, -0.2) is 25.7 Å². The molecule has 0 aromatic rings. The smallest absolute Gasteiger partial charge is 0.475 e. The maximum Gasteiger partial charge on any atom is 0.490 e. The van der Waals surface area contributed by atoms with E-state index in [0.29, 0.717) is 0 Å². The lowest BCUT2D eigenvalue weighted by atomic mass is 10.7. The van der Waals surface area contributed by atoms with Gasteiger partial charge in [0, 0.05) is 0 Å². The molecule has 0 heterocycles. The fourth-order valence-corrected chi connectivity index (χ4v) is 0. The molecule has 0 aromatic carbocycles. The minimum absolute atomic E-state index is 2.62. The third-order valence-electron chi connectivity index (χ3n) is 0.243. The first-order chi connectivity index (χ1) is 4.68. The molecule has 0 saturated carbocycles. The number of rotatable bonds is 0. The molecule has 0 amide bonds. The number of carbonyl (C=O) groups is 1. The lowest BCUT2D eigenvalue weighted by molar-refractivity contribution is -0.192. The van der Waals surface area contributed by atoms with Gasteiger partial charge in [-0.25, -0.2) is 18.4 Å². The van der Waals surface area contributed by atoms with Gasteiger partial charge in [-0.2, -0.15) is 13.2 Å². The molecule has 11 heavy (non-hydrogen) atoms. The van der Waals surface area contributed by atoms with Crippen LogP contribution < -0.4 is 5.14 Å². The van der Waals surface area contributed by atoms with E-state index in [4.69, 9.17) is 18.3 Å². The van der Waals surface area contributed by atoms with Crippen molar-refractivity contribution < 1.29 is 31.5 Å². The number of hydrogen-bond acceptors (Lipinski definition) is 3. The second-order valence-electron chi connectivity index (χ2n) is 1.09. The molecule has 0 rings (SSSR count). The lowest BCUT2D eigenvalue weighted by Gasteiger charge is -1.93. The summed E-state index contributed by atoms with van der Waals surface area (Å²) in [5.41, 5.74) is 0. The van der Waals surface area contributed by atoms with E-state index in [1.54, 1.807) is 0 Å². The molecule has 0 spiro atoms. The molecule has 0 aliphatic carbocycles. The van der Waals surface area contributed by atoms with Crippen molar-refractivity contribution in [3.8, 4) is 0 Å². The van der Waals surface area contributed by atoms with E-state index >= 15 is 0 Å². The van der Waals surface area contributed by atoms with E-state index < -0.39 is 23.0 Å². The molecule has 9 heteroatoms. The van der Waals surface area contributed by atoms with Crippen molar-refractivity contribution in [1.82, 2.24) is 0 Å². The number of aliphatic carboxylic acids is 1. The quantitative estimate of drug-likeness (QED) is 0.436. The summed E-state index contributed by atoms with van der Waals surface area (Å²) in [6.07, 6.45) is -5.08. The van der Waals surface area contributed by atoms with Crippen molar-refractivity contribution in [1.29, 1.82) is 0 Å². The minimum atomic E-state index is -5.08. The highest BCUT2D eigenvalue weighted by atomic mass is 32.2. The number of alkyl halides is 3. The monoisotopic (exact) mass is 195 g/mol. The maximum absolute atomic E-state index is 10.6. The number of thiol groups is 1. The highest BCUT2D eigenvalue weighted by Gasteiger charge is 2.38. The third-order valence-corrected chi connectivity index (χ3v) is 0.243. The van der Waals surface area contributed by atoms with Crippen LogP contribution in [0.4, 0.5) is 13.2 Å². The van der Waals surface area contributed by atoms with Crippen LogP contribution in [0.2, 0.25) is 0 Å². The van der Waals surface area contributed by atoms with Crippen LogP contribution in [0.5, 0.6) is 0 Å². The Morgan fingerprint density at radius 1 is 1.36 bits per heavy atom. The molecule has 0 radical (unpaired) electrons. The molecule has 0 saturated heterocycles. The third kappa shape index (κ3) is 17.6. The van der Waals surface area contributed by atoms with Gasteiger partial charge in [0.15, 0.2) is 10.9 Å². The van der Waals surface area contributed by atoms with E-state index in [0.717, 1.165) is 0 Å². The van der Waals surface area contributed by atoms with Crippen LogP contribution in [0.1, 0.15) is 0 Å². The summed E-state index contributed by atoms with van der Waals surface area (Å²) in [6, 6.07) is 0. The summed E-state index contributed by atoms with van der Waals surface area (Å²) in [5.74, 6) is -2.76. The normalized spacial score (nSPS) is 10.3. The van der Waals surface area contributed by atoms with Crippen molar-refractivity contribution in [2.45, 2.75) is 6.18 Å². The lowest BCUT2D eigenvalue weighted by Crippen LogP contribution is -2.21. The van der Waals surface area contributed by atoms with Crippen molar-refractivity contribution in [2.24, 2.45) is 5.14 Å². The number of nitrogens with two attached hydrogens (primary N) is 1. The van der Waals surface area contributed by atoms with Crippen LogP contribution in [0.3, 0.4) is 0 Å². The zero-order chi connectivity index (χ0) is 9.65. The molecule has 0 aromatic heterocycles. The molecule has 0 aliphatic heterocycles. The van der Waals surface area contributed by atoms with Gasteiger partial charge in [0.05, 0.1) is 0 Å². The minimum Gasteiger partial charge on any atom is -0.475 e. The van der Waals surface area contributed by atoms with Crippen molar-refractivity contribution >= 4 is 16.9 Å². The van der Waals surface area contributed by atoms with E-state index in [-0.39, 0.29) is 0 Å². The Balaban J connectivity index is 0. The second-order valence-corrected chi connectivity index (χ2v) is 1.66. The fraction of sp³-hybridized carbons (Fsp3) is 0.500. The first-order valence-electron chi connectivity index (χ1n) is 1.87. The maximum atomic E-state index is 10.6. The Morgan fingerprint density at radius 2 is 1.45 bits per heavy atom. The summed E-state index contributed by atoms with van der Waals surface area (Å²) in [5, 5.41) is 11.2. The summed E-state index contributed by atoms with van der Waals surface area (Å²) in [6.45, 7) is 0. The second kappa shape index (κ2) is 4.91. The van der Waals surface area contributed by atoms with E-state index in [1.807, 2.05) is 0 Å². The average Bonchev–Trinajstić information content (AvgIpc) is 1.59. The van der Waals surface area contributed by atoms with Crippen molar-refractivity contribution in [2.75, 3.05) is 0 Å². The van der Waals surface area contributed by atoms with Crippen LogP contribution in [0, 0.1) is 0 Å². The number of halogens is 3. The van der Waals surface area contributed by atoms with Gasteiger partial charge in [-0.15, -0.1) is 0 Å². The van der Waals surface area contributed by atoms with Gasteiger partial charge in [-0.3, -0.25) is 0 Å². The van der Waals surface area contributed by atoms with Crippen LogP contribution >= 0.6 is 0 Å². The van der Waals surface area contributed by atoms with E-state index in [1.165, 1.54) is 0 Å². The van der Waals surface area contributed by atoms with Gasteiger partial charge in [0.1, 0.15) is 0 Å². The summed E-state index contributed by atoms with van der Waals surface area (Å²) in [7, 11) is -2.62. The highest BCUT2D eigenvalue weighted by Crippen LogP contribution is 2.13. The molecule has 5 nitrogen and oxygen atoms in total. The molecule has 0 atom stereocenters. The van der Waals surface area contributed by atoms with Gasteiger partial charge in [-0.1, -0.05) is 0 Å². The van der Waals surface area contributed by atoms with Gasteiger partial charge in [0.25, 0.3) is 0 Å². The summed E-state index contributed by atoms with van der Waals surface area (Å²) < 4.78 is 49.4. The topological polar surface area (TPSA) is 97.5 Å². The van der Waals surface area contributed by atoms with Gasteiger partial charge >= 0.3 is 12.1 Å². The highest BCUT2D eigenvalue weighted by molar-refractivity contribution is 7.69. The zero-order valence-electron chi connectivity index (χ0n) is 4.83. The van der Waals surface area contributed by atoms with E-state index in [2.05, 4.69) is 5.14 Å². The number of carboxylic acid groups (broad SMARTS) is 1. The summed E-state index contributed by atoms with van der Waals surface area (Å²) in [4.78, 5) is 8.90. The fourth-order valence-electron chi connectivity index (χ4n) is 0.